The smallest absolute Gasteiger partial charge is 0.188 e. The van der Waals surface area contributed by atoms with Crippen LogP contribution in [0.4, 0.5) is 0 Å². The summed E-state index contributed by atoms with van der Waals surface area (Å²) in [5, 5.41) is 1.31. The predicted molar refractivity (Wildman–Crippen MR) is 88.3 cm³/mol. The van der Waals surface area contributed by atoms with Crippen molar-refractivity contribution in [3.63, 3.8) is 0 Å². The second kappa shape index (κ2) is 7.49. The molecule has 0 aromatic heterocycles. The van der Waals surface area contributed by atoms with Crippen molar-refractivity contribution in [2.45, 2.75) is 71.0 Å². The molecule has 0 radical (unpaired) electrons. The normalized spacial score (nSPS) is 17.5. The second-order valence-electron chi connectivity index (χ2n) is 7.46. The minimum Gasteiger partial charge on any atom is -0.469 e. The lowest BCUT2D eigenvalue weighted by molar-refractivity contribution is 0.0127. The standard InChI is InChI=1S/C17H32O2Si/c1-17(2,3)20(5,6)16(19-14-18-4)13-12-15-10-8-7-9-11-15/h12,15H,7-11,14H2,1-6H3. The summed E-state index contributed by atoms with van der Waals surface area (Å²) in [5.74, 6) is 0.690. The van der Waals surface area contributed by atoms with Gasteiger partial charge in [-0.15, -0.1) is 0 Å². The first kappa shape index (κ1) is 17.5. The summed E-state index contributed by atoms with van der Waals surface area (Å²) in [6.07, 6.45) is 8.99. The summed E-state index contributed by atoms with van der Waals surface area (Å²) in [6, 6.07) is 0. The van der Waals surface area contributed by atoms with Crippen LogP contribution >= 0.6 is 0 Å². The summed E-state index contributed by atoms with van der Waals surface area (Å²) in [6.45, 7) is 12.0. The molecule has 1 saturated carbocycles. The Kier molecular flexibility index (Phi) is 6.57. The zero-order valence-electron chi connectivity index (χ0n) is 14.2. The van der Waals surface area contributed by atoms with Gasteiger partial charge in [-0.05, 0) is 29.9 Å². The summed E-state index contributed by atoms with van der Waals surface area (Å²) >= 11 is 0. The van der Waals surface area contributed by atoms with E-state index in [0.717, 1.165) is 5.38 Å². The predicted octanol–water partition coefficient (Wildman–Crippen LogP) is 5.27. The zero-order valence-corrected chi connectivity index (χ0v) is 15.2. The van der Waals surface area contributed by atoms with E-state index < -0.39 is 8.07 Å². The maximum Gasteiger partial charge on any atom is 0.188 e. The lowest BCUT2D eigenvalue weighted by Gasteiger charge is -2.36. The largest absolute Gasteiger partial charge is 0.469 e. The van der Waals surface area contributed by atoms with Gasteiger partial charge in [-0.3, -0.25) is 0 Å². The maximum atomic E-state index is 5.89. The Bertz CT molecular complexity index is 354. The fraction of sp³-hybridized carbons (Fsp3) is 0.824. The van der Waals surface area contributed by atoms with E-state index in [2.05, 4.69) is 45.7 Å². The highest BCUT2D eigenvalue weighted by molar-refractivity contribution is 6.86. The highest BCUT2D eigenvalue weighted by Gasteiger charge is 2.40. The Balaban J connectivity index is 2.95. The van der Waals surface area contributed by atoms with Gasteiger partial charge in [0, 0.05) is 7.11 Å². The second-order valence-corrected chi connectivity index (χ2v) is 12.7. The molecule has 2 nitrogen and oxygen atoms in total. The van der Waals surface area contributed by atoms with Crippen LogP contribution in [0.3, 0.4) is 0 Å². The van der Waals surface area contributed by atoms with Gasteiger partial charge in [-0.2, -0.15) is 0 Å². The van der Waals surface area contributed by atoms with Gasteiger partial charge in [-0.1, -0.05) is 58.9 Å². The van der Waals surface area contributed by atoms with Gasteiger partial charge in [0.25, 0.3) is 0 Å². The fourth-order valence-electron chi connectivity index (χ4n) is 2.36. The topological polar surface area (TPSA) is 18.5 Å². The van der Waals surface area contributed by atoms with Crippen molar-refractivity contribution in [3.05, 3.63) is 17.2 Å². The van der Waals surface area contributed by atoms with Crippen molar-refractivity contribution in [2.75, 3.05) is 13.9 Å². The van der Waals surface area contributed by atoms with Gasteiger partial charge in [0.15, 0.2) is 6.79 Å². The van der Waals surface area contributed by atoms with Crippen LogP contribution in [0.25, 0.3) is 0 Å². The number of methoxy groups -OCH3 is 1. The quantitative estimate of drug-likeness (QED) is 0.298. The van der Waals surface area contributed by atoms with Crippen LogP contribution in [0, 0.1) is 5.92 Å². The van der Waals surface area contributed by atoms with Gasteiger partial charge in [0.1, 0.15) is 13.5 Å². The molecule has 0 aromatic rings. The van der Waals surface area contributed by atoms with Crippen molar-refractivity contribution in [1.29, 1.82) is 0 Å². The molecule has 20 heavy (non-hydrogen) atoms. The van der Waals surface area contributed by atoms with E-state index in [1.807, 2.05) is 0 Å². The molecule has 1 fully saturated rings. The third kappa shape index (κ3) is 4.80. The molecule has 116 valence electrons. The molecule has 0 N–H and O–H groups in total. The lowest BCUT2D eigenvalue weighted by atomic mass is 9.89. The fourth-order valence-corrected chi connectivity index (χ4v) is 3.90. The Hall–Kier alpha value is -0.503. The summed E-state index contributed by atoms with van der Waals surface area (Å²) < 4.78 is 11.0. The Morgan fingerprint density at radius 1 is 1.20 bits per heavy atom. The highest BCUT2D eigenvalue weighted by Crippen LogP contribution is 2.40. The van der Waals surface area contributed by atoms with Crippen LogP contribution in [-0.2, 0) is 9.47 Å². The maximum absolute atomic E-state index is 5.89. The molecule has 0 bridgehead atoms. The van der Waals surface area contributed by atoms with Crippen molar-refractivity contribution in [3.8, 4) is 0 Å². The van der Waals surface area contributed by atoms with E-state index >= 15 is 0 Å². The summed E-state index contributed by atoms with van der Waals surface area (Å²) in [5.41, 5.74) is 3.52. The SMILES string of the molecule is COCOC(=C=CC1CCCCC1)[Si](C)(C)C(C)(C)C. The van der Waals surface area contributed by atoms with Crippen molar-refractivity contribution >= 4 is 8.07 Å². The van der Waals surface area contributed by atoms with Crippen LogP contribution in [0.1, 0.15) is 52.9 Å². The number of hydrogen-bond donors (Lipinski definition) is 0. The Labute approximate surface area is 126 Å². The number of rotatable bonds is 5. The molecular weight excluding hydrogens is 264 g/mol. The molecule has 0 aliphatic heterocycles. The minimum atomic E-state index is -1.68. The zero-order chi connectivity index (χ0) is 15.2. The average molecular weight is 297 g/mol. The van der Waals surface area contributed by atoms with Gasteiger partial charge < -0.3 is 9.47 Å². The molecule has 1 aliphatic carbocycles. The third-order valence-corrected chi connectivity index (χ3v) is 10.0. The van der Waals surface area contributed by atoms with Crippen molar-refractivity contribution in [2.24, 2.45) is 5.92 Å². The molecule has 0 amide bonds. The van der Waals surface area contributed by atoms with E-state index in [4.69, 9.17) is 9.47 Å². The third-order valence-electron chi connectivity index (χ3n) is 4.86. The Morgan fingerprint density at radius 3 is 2.30 bits per heavy atom. The first-order chi connectivity index (χ1) is 9.29. The number of allylic oxidation sites excluding steroid dienone is 1. The molecule has 0 saturated heterocycles. The van der Waals surface area contributed by atoms with Gasteiger partial charge in [0.05, 0.1) is 0 Å². The first-order valence-electron chi connectivity index (χ1n) is 7.88. The van der Waals surface area contributed by atoms with Crippen LogP contribution in [0.15, 0.2) is 17.2 Å². The average Bonchev–Trinajstić information content (AvgIpc) is 2.38. The van der Waals surface area contributed by atoms with Crippen LogP contribution in [-0.4, -0.2) is 22.0 Å². The summed E-state index contributed by atoms with van der Waals surface area (Å²) in [4.78, 5) is 0. The van der Waals surface area contributed by atoms with E-state index in [-0.39, 0.29) is 5.04 Å². The molecule has 0 atom stereocenters. The molecule has 1 rings (SSSR count). The molecule has 0 unspecified atom stereocenters. The van der Waals surface area contributed by atoms with Gasteiger partial charge in [-0.25, -0.2) is 0 Å². The molecule has 0 heterocycles. The Morgan fingerprint density at radius 2 is 1.80 bits per heavy atom. The molecule has 1 aliphatic rings. The van der Waals surface area contributed by atoms with Crippen LogP contribution < -0.4 is 0 Å². The van der Waals surface area contributed by atoms with E-state index in [1.54, 1.807) is 7.11 Å². The van der Waals surface area contributed by atoms with Crippen LogP contribution in [0.5, 0.6) is 0 Å². The van der Waals surface area contributed by atoms with Crippen molar-refractivity contribution < 1.29 is 9.47 Å². The van der Waals surface area contributed by atoms with Gasteiger partial charge >= 0.3 is 0 Å². The summed E-state index contributed by atoms with van der Waals surface area (Å²) in [7, 11) is -0.00930. The first-order valence-corrected chi connectivity index (χ1v) is 10.9. The lowest BCUT2D eigenvalue weighted by Crippen LogP contribution is -2.40. The van der Waals surface area contributed by atoms with E-state index in [0.29, 0.717) is 12.7 Å². The van der Waals surface area contributed by atoms with Crippen LogP contribution in [0.2, 0.25) is 18.1 Å². The molecule has 0 spiro atoms. The minimum absolute atomic E-state index is 0.253. The van der Waals surface area contributed by atoms with Crippen molar-refractivity contribution in [1.82, 2.24) is 0 Å². The monoisotopic (exact) mass is 296 g/mol. The molecular formula is C17H32O2Si. The highest BCUT2D eigenvalue weighted by atomic mass is 28.3. The van der Waals surface area contributed by atoms with Gasteiger partial charge in [0.2, 0.25) is 0 Å². The molecule has 0 aromatic carbocycles. The van der Waals surface area contributed by atoms with E-state index in [9.17, 15) is 0 Å². The number of ether oxygens (including phenoxy) is 2. The van der Waals surface area contributed by atoms with E-state index in [1.165, 1.54) is 32.1 Å². The molecule has 3 heteroatoms. The number of hydrogen-bond acceptors (Lipinski definition) is 2.